The standard InChI is InChI=1S/C11H10ClNO/c1-14-11-5-4-9(12)8-10(11)13-6-2-3-7-13/h2-8H,1H3. The van der Waals surface area contributed by atoms with Crippen molar-refractivity contribution < 1.29 is 4.74 Å². The molecule has 72 valence electrons. The molecule has 0 spiro atoms. The highest BCUT2D eigenvalue weighted by Crippen LogP contribution is 2.26. The van der Waals surface area contributed by atoms with E-state index in [9.17, 15) is 0 Å². The van der Waals surface area contributed by atoms with Gasteiger partial charge in [-0.15, -0.1) is 0 Å². The summed E-state index contributed by atoms with van der Waals surface area (Å²) in [6, 6.07) is 9.46. The quantitative estimate of drug-likeness (QED) is 0.738. The third-order valence-electron chi connectivity index (χ3n) is 2.02. The van der Waals surface area contributed by atoms with E-state index in [0.717, 1.165) is 11.4 Å². The molecule has 0 aliphatic rings. The Labute approximate surface area is 87.7 Å². The molecule has 2 nitrogen and oxygen atoms in total. The fourth-order valence-electron chi connectivity index (χ4n) is 1.36. The van der Waals surface area contributed by atoms with Crippen molar-refractivity contribution in [3.05, 3.63) is 47.7 Å². The Hall–Kier alpha value is -1.41. The molecule has 0 aliphatic carbocycles. The molecule has 2 rings (SSSR count). The third-order valence-corrected chi connectivity index (χ3v) is 2.26. The molecule has 0 bridgehead atoms. The Morgan fingerprint density at radius 3 is 2.57 bits per heavy atom. The van der Waals surface area contributed by atoms with E-state index >= 15 is 0 Å². The van der Waals surface area contributed by atoms with E-state index in [1.54, 1.807) is 7.11 Å². The topological polar surface area (TPSA) is 14.2 Å². The molecular weight excluding hydrogens is 198 g/mol. The predicted octanol–water partition coefficient (Wildman–Crippen LogP) is 3.14. The van der Waals surface area contributed by atoms with Gasteiger partial charge in [0, 0.05) is 17.4 Å². The fraction of sp³-hybridized carbons (Fsp3) is 0.0909. The largest absolute Gasteiger partial charge is 0.495 e. The number of nitrogens with zero attached hydrogens (tertiary/aromatic N) is 1. The van der Waals surface area contributed by atoms with Crippen molar-refractivity contribution in [1.82, 2.24) is 4.57 Å². The first-order chi connectivity index (χ1) is 6.81. The van der Waals surface area contributed by atoms with Crippen LogP contribution >= 0.6 is 11.6 Å². The Morgan fingerprint density at radius 1 is 1.21 bits per heavy atom. The van der Waals surface area contributed by atoms with E-state index in [1.807, 2.05) is 47.3 Å². The normalized spacial score (nSPS) is 10.1. The van der Waals surface area contributed by atoms with Crippen LogP contribution in [0.2, 0.25) is 5.02 Å². The number of hydrogen-bond donors (Lipinski definition) is 0. The van der Waals surface area contributed by atoms with Gasteiger partial charge in [0.2, 0.25) is 0 Å². The predicted molar refractivity (Wildman–Crippen MR) is 57.3 cm³/mol. The van der Waals surface area contributed by atoms with Gasteiger partial charge in [0.1, 0.15) is 5.75 Å². The number of benzene rings is 1. The van der Waals surface area contributed by atoms with Crippen molar-refractivity contribution in [1.29, 1.82) is 0 Å². The molecule has 0 saturated carbocycles. The van der Waals surface area contributed by atoms with Crippen LogP contribution in [0.3, 0.4) is 0 Å². The number of aromatic nitrogens is 1. The lowest BCUT2D eigenvalue weighted by Crippen LogP contribution is -1.94. The molecule has 0 aliphatic heterocycles. The fourth-order valence-corrected chi connectivity index (χ4v) is 1.53. The van der Waals surface area contributed by atoms with Gasteiger partial charge >= 0.3 is 0 Å². The van der Waals surface area contributed by atoms with E-state index in [1.165, 1.54) is 0 Å². The molecule has 0 radical (unpaired) electrons. The van der Waals surface area contributed by atoms with Crippen LogP contribution in [0.25, 0.3) is 5.69 Å². The zero-order chi connectivity index (χ0) is 9.97. The van der Waals surface area contributed by atoms with Gasteiger partial charge in [-0.2, -0.15) is 0 Å². The van der Waals surface area contributed by atoms with Crippen LogP contribution in [0.5, 0.6) is 5.75 Å². The summed E-state index contributed by atoms with van der Waals surface area (Å²) >= 11 is 5.92. The van der Waals surface area contributed by atoms with Crippen LogP contribution in [-0.4, -0.2) is 11.7 Å². The Balaban J connectivity index is 2.55. The molecule has 0 fully saturated rings. The molecule has 2 aromatic rings. The van der Waals surface area contributed by atoms with Crippen molar-refractivity contribution in [3.63, 3.8) is 0 Å². The number of ether oxygens (including phenoxy) is 1. The number of methoxy groups -OCH3 is 1. The minimum Gasteiger partial charge on any atom is -0.495 e. The molecule has 0 saturated heterocycles. The van der Waals surface area contributed by atoms with Crippen molar-refractivity contribution in [2.75, 3.05) is 7.11 Å². The first-order valence-corrected chi connectivity index (χ1v) is 4.66. The molecular formula is C11H10ClNO. The van der Waals surface area contributed by atoms with E-state index in [0.29, 0.717) is 5.02 Å². The summed E-state index contributed by atoms with van der Waals surface area (Å²) in [7, 11) is 1.65. The van der Waals surface area contributed by atoms with Gasteiger partial charge in [0.05, 0.1) is 12.8 Å². The lowest BCUT2D eigenvalue weighted by Gasteiger charge is -2.09. The molecule has 14 heavy (non-hydrogen) atoms. The van der Waals surface area contributed by atoms with Gasteiger partial charge in [-0.1, -0.05) is 11.6 Å². The molecule has 0 atom stereocenters. The van der Waals surface area contributed by atoms with E-state index in [4.69, 9.17) is 16.3 Å². The summed E-state index contributed by atoms with van der Waals surface area (Å²) in [5.74, 6) is 0.811. The highest BCUT2D eigenvalue weighted by atomic mass is 35.5. The Bertz CT molecular complexity index is 423. The molecule has 0 N–H and O–H groups in total. The van der Waals surface area contributed by atoms with Crippen LogP contribution in [-0.2, 0) is 0 Å². The lowest BCUT2D eigenvalue weighted by molar-refractivity contribution is 0.413. The van der Waals surface area contributed by atoms with Crippen LogP contribution in [0, 0.1) is 0 Å². The molecule has 1 heterocycles. The molecule has 3 heteroatoms. The molecule has 1 aromatic carbocycles. The van der Waals surface area contributed by atoms with E-state index < -0.39 is 0 Å². The lowest BCUT2D eigenvalue weighted by atomic mass is 10.3. The van der Waals surface area contributed by atoms with E-state index in [-0.39, 0.29) is 0 Å². The van der Waals surface area contributed by atoms with Gasteiger partial charge in [-0.3, -0.25) is 0 Å². The second-order valence-electron chi connectivity index (χ2n) is 2.91. The maximum atomic E-state index is 5.92. The number of rotatable bonds is 2. The highest BCUT2D eigenvalue weighted by Gasteiger charge is 2.04. The van der Waals surface area contributed by atoms with Gasteiger partial charge in [-0.05, 0) is 30.3 Å². The summed E-state index contributed by atoms with van der Waals surface area (Å²) in [6.45, 7) is 0. The summed E-state index contributed by atoms with van der Waals surface area (Å²) in [4.78, 5) is 0. The van der Waals surface area contributed by atoms with Crippen LogP contribution < -0.4 is 4.74 Å². The van der Waals surface area contributed by atoms with Gasteiger partial charge in [0.15, 0.2) is 0 Å². The average molecular weight is 208 g/mol. The molecule has 0 amide bonds. The first kappa shape index (κ1) is 9.16. The highest BCUT2D eigenvalue weighted by molar-refractivity contribution is 6.30. The monoisotopic (exact) mass is 207 g/mol. The second kappa shape index (κ2) is 3.76. The van der Waals surface area contributed by atoms with Crippen molar-refractivity contribution in [3.8, 4) is 11.4 Å². The summed E-state index contributed by atoms with van der Waals surface area (Å²) in [5, 5.41) is 0.703. The maximum absolute atomic E-state index is 5.92. The minimum atomic E-state index is 0.703. The minimum absolute atomic E-state index is 0.703. The van der Waals surface area contributed by atoms with Gasteiger partial charge in [-0.25, -0.2) is 0 Å². The van der Waals surface area contributed by atoms with Crippen molar-refractivity contribution in [2.45, 2.75) is 0 Å². The van der Waals surface area contributed by atoms with Crippen LogP contribution in [0.1, 0.15) is 0 Å². The molecule has 0 unspecified atom stereocenters. The number of halogens is 1. The summed E-state index contributed by atoms with van der Waals surface area (Å²) in [6.07, 6.45) is 3.91. The second-order valence-corrected chi connectivity index (χ2v) is 3.34. The van der Waals surface area contributed by atoms with Crippen molar-refractivity contribution >= 4 is 11.6 Å². The SMILES string of the molecule is COc1ccc(Cl)cc1-n1cccc1. The smallest absolute Gasteiger partial charge is 0.142 e. The third kappa shape index (κ3) is 1.61. The Morgan fingerprint density at radius 2 is 1.93 bits per heavy atom. The Kier molecular flexibility index (Phi) is 2.46. The van der Waals surface area contributed by atoms with Crippen LogP contribution in [0.15, 0.2) is 42.7 Å². The average Bonchev–Trinajstić information content (AvgIpc) is 2.70. The van der Waals surface area contributed by atoms with E-state index in [2.05, 4.69) is 0 Å². The van der Waals surface area contributed by atoms with Crippen molar-refractivity contribution in [2.24, 2.45) is 0 Å². The molecule has 1 aromatic heterocycles. The van der Waals surface area contributed by atoms with Crippen LogP contribution in [0.4, 0.5) is 0 Å². The van der Waals surface area contributed by atoms with Gasteiger partial charge in [0.25, 0.3) is 0 Å². The first-order valence-electron chi connectivity index (χ1n) is 4.28. The van der Waals surface area contributed by atoms with Gasteiger partial charge < -0.3 is 9.30 Å². The zero-order valence-corrected chi connectivity index (χ0v) is 8.53. The summed E-state index contributed by atoms with van der Waals surface area (Å²) in [5.41, 5.74) is 0.949. The number of hydrogen-bond acceptors (Lipinski definition) is 1. The maximum Gasteiger partial charge on any atom is 0.142 e. The summed E-state index contributed by atoms with van der Waals surface area (Å²) < 4.78 is 7.21. The zero-order valence-electron chi connectivity index (χ0n) is 7.77.